The number of nitrogens with zero attached hydrogens (tertiary/aromatic N) is 3. The van der Waals surface area contributed by atoms with Gasteiger partial charge >= 0.3 is 0 Å². The molecule has 2 heterocycles. The molecule has 4 heteroatoms. The summed E-state index contributed by atoms with van der Waals surface area (Å²) in [6.45, 7) is 3.77. The molecule has 3 rings (SSSR count). The van der Waals surface area contributed by atoms with Gasteiger partial charge in [0.1, 0.15) is 0 Å². The summed E-state index contributed by atoms with van der Waals surface area (Å²) >= 11 is 0. The molecule has 0 unspecified atom stereocenters. The summed E-state index contributed by atoms with van der Waals surface area (Å²) in [5, 5.41) is 7.89. The molecule has 0 N–H and O–H groups in total. The Kier molecular flexibility index (Phi) is 2.83. The van der Waals surface area contributed by atoms with E-state index in [1.807, 2.05) is 37.4 Å². The molecule has 0 spiro atoms. The van der Waals surface area contributed by atoms with Crippen molar-refractivity contribution < 1.29 is 4.42 Å². The van der Waals surface area contributed by atoms with Crippen LogP contribution in [0.15, 0.2) is 47.0 Å². The lowest BCUT2D eigenvalue weighted by Crippen LogP contribution is -1.84. The largest absolute Gasteiger partial charge is 0.421 e. The van der Waals surface area contributed by atoms with Gasteiger partial charge in [-0.15, -0.1) is 10.2 Å². The monoisotopic (exact) mass is 251 g/mol. The van der Waals surface area contributed by atoms with Crippen LogP contribution in [0.1, 0.15) is 11.6 Å². The molecule has 19 heavy (non-hydrogen) atoms. The first kappa shape index (κ1) is 11.6. The van der Waals surface area contributed by atoms with Gasteiger partial charge in [-0.1, -0.05) is 12.1 Å². The molecular formula is C15H13N3O. The maximum absolute atomic E-state index is 5.45. The van der Waals surface area contributed by atoms with Gasteiger partial charge in [-0.25, -0.2) is 0 Å². The Morgan fingerprint density at radius 3 is 2.42 bits per heavy atom. The van der Waals surface area contributed by atoms with Gasteiger partial charge < -0.3 is 4.42 Å². The van der Waals surface area contributed by atoms with Crippen molar-refractivity contribution in [3.63, 3.8) is 0 Å². The molecule has 0 atom stereocenters. The highest BCUT2D eigenvalue weighted by molar-refractivity contribution is 5.69. The number of pyridine rings is 1. The summed E-state index contributed by atoms with van der Waals surface area (Å²) in [5.74, 6) is 1.12. The lowest BCUT2D eigenvalue weighted by molar-refractivity contribution is 0.533. The predicted octanol–water partition coefficient (Wildman–Crippen LogP) is 3.42. The fraction of sp³-hybridized carbons (Fsp3) is 0.133. The second-order valence-corrected chi connectivity index (χ2v) is 4.39. The van der Waals surface area contributed by atoms with Crippen molar-refractivity contribution in [1.29, 1.82) is 0 Å². The topological polar surface area (TPSA) is 51.8 Å². The maximum atomic E-state index is 5.45. The van der Waals surface area contributed by atoms with E-state index >= 15 is 0 Å². The van der Waals surface area contributed by atoms with E-state index in [4.69, 9.17) is 4.42 Å². The van der Waals surface area contributed by atoms with Gasteiger partial charge in [0.15, 0.2) is 0 Å². The zero-order valence-corrected chi connectivity index (χ0v) is 10.8. The van der Waals surface area contributed by atoms with E-state index in [1.54, 1.807) is 6.92 Å². The second-order valence-electron chi connectivity index (χ2n) is 4.39. The van der Waals surface area contributed by atoms with E-state index in [1.165, 1.54) is 0 Å². The third-order valence-corrected chi connectivity index (χ3v) is 2.87. The minimum atomic E-state index is 0.546. The molecule has 0 amide bonds. The number of aromatic nitrogens is 3. The first-order valence-electron chi connectivity index (χ1n) is 6.06. The van der Waals surface area contributed by atoms with Crippen LogP contribution in [-0.2, 0) is 0 Å². The molecule has 3 aromatic rings. The number of benzene rings is 1. The maximum Gasteiger partial charge on any atom is 0.247 e. The Balaban J connectivity index is 2.05. The Hall–Kier alpha value is -2.49. The lowest BCUT2D eigenvalue weighted by Gasteiger charge is -2.03. The van der Waals surface area contributed by atoms with Crippen LogP contribution < -0.4 is 0 Å². The molecule has 2 aromatic heterocycles. The average Bonchev–Trinajstić information content (AvgIpc) is 2.86. The van der Waals surface area contributed by atoms with E-state index in [9.17, 15) is 0 Å². The number of aryl methyl sites for hydroxylation is 2. The quantitative estimate of drug-likeness (QED) is 0.700. The normalized spacial score (nSPS) is 10.6. The minimum absolute atomic E-state index is 0.546. The molecule has 0 aliphatic heterocycles. The first-order valence-corrected chi connectivity index (χ1v) is 6.06. The van der Waals surface area contributed by atoms with Gasteiger partial charge in [0, 0.05) is 24.4 Å². The van der Waals surface area contributed by atoms with Crippen LogP contribution in [0, 0.1) is 13.8 Å². The third kappa shape index (κ3) is 2.38. The van der Waals surface area contributed by atoms with E-state index in [0.717, 1.165) is 22.4 Å². The molecule has 0 aliphatic carbocycles. The zero-order valence-electron chi connectivity index (χ0n) is 10.8. The van der Waals surface area contributed by atoms with E-state index in [-0.39, 0.29) is 0 Å². The summed E-state index contributed by atoms with van der Waals surface area (Å²) in [5.41, 5.74) is 4.16. The third-order valence-electron chi connectivity index (χ3n) is 2.87. The smallest absolute Gasteiger partial charge is 0.247 e. The summed E-state index contributed by atoms with van der Waals surface area (Å²) < 4.78 is 5.45. The van der Waals surface area contributed by atoms with Crippen LogP contribution in [0.25, 0.3) is 22.6 Å². The van der Waals surface area contributed by atoms with Crippen LogP contribution in [0.4, 0.5) is 0 Å². The van der Waals surface area contributed by atoms with Crippen molar-refractivity contribution in [2.45, 2.75) is 13.8 Å². The van der Waals surface area contributed by atoms with Gasteiger partial charge in [-0.05, 0) is 42.3 Å². The van der Waals surface area contributed by atoms with Gasteiger partial charge in [0.05, 0.1) is 0 Å². The second kappa shape index (κ2) is 4.65. The van der Waals surface area contributed by atoms with Crippen LogP contribution in [0.5, 0.6) is 0 Å². The molecule has 0 radical (unpaired) electrons. The van der Waals surface area contributed by atoms with E-state index < -0.39 is 0 Å². The minimum Gasteiger partial charge on any atom is -0.421 e. The number of rotatable bonds is 2. The molecule has 4 nitrogen and oxygen atoms in total. The summed E-state index contributed by atoms with van der Waals surface area (Å²) in [6.07, 6.45) is 1.81. The zero-order chi connectivity index (χ0) is 13.2. The molecule has 0 aliphatic rings. The Morgan fingerprint density at radius 1 is 0.895 bits per heavy atom. The van der Waals surface area contributed by atoms with Crippen LogP contribution in [-0.4, -0.2) is 15.2 Å². The van der Waals surface area contributed by atoms with Crippen LogP contribution >= 0.6 is 0 Å². The molecule has 0 bridgehead atoms. The van der Waals surface area contributed by atoms with Gasteiger partial charge in [-0.2, -0.15) is 0 Å². The van der Waals surface area contributed by atoms with Crippen molar-refractivity contribution >= 4 is 0 Å². The summed E-state index contributed by atoms with van der Waals surface area (Å²) in [7, 11) is 0. The van der Waals surface area contributed by atoms with Crippen molar-refractivity contribution in [1.82, 2.24) is 15.2 Å². The molecule has 94 valence electrons. The first-order chi connectivity index (χ1) is 9.22. The SMILES string of the molecule is Cc1cc(-c2cccc(-c3nnc(C)o3)c2)ccn1. The highest BCUT2D eigenvalue weighted by Gasteiger charge is 2.07. The molecule has 0 fully saturated rings. The number of hydrogen-bond acceptors (Lipinski definition) is 4. The summed E-state index contributed by atoms with van der Waals surface area (Å²) in [4.78, 5) is 4.21. The summed E-state index contributed by atoms with van der Waals surface area (Å²) in [6, 6.07) is 12.1. The molecule has 0 saturated heterocycles. The van der Waals surface area contributed by atoms with Crippen molar-refractivity contribution in [3.8, 4) is 22.6 Å². The van der Waals surface area contributed by atoms with Gasteiger partial charge in [-0.3, -0.25) is 4.98 Å². The van der Waals surface area contributed by atoms with Crippen molar-refractivity contribution in [2.24, 2.45) is 0 Å². The van der Waals surface area contributed by atoms with E-state index in [2.05, 4.69) is 27.3 Å². The van der Waals surface area contributed by atoms with Crippen molar-refractivity contribution in [2.75, 3.05) is 0 Å². The standard InChI is InChI=1S/C15H13N3O/c1-10-8-13(6-7-16-10)12-4-3-5-14(9-12)15-18-17-11(2)19-15/h3-9H,1-2H3. The average molecular weight is 251 g/mol. The Bertz CT molecular complexity index is 719. The fourth-order valence-corrected chi connectivity index (χ4v) is 1.97. The Morgan fingerprint density at radius 2 is 1.68 bits per heavy atom. The fourth-order valence-electron chi connectivity index (χ4n) is 1.97. The predicted molar refractivity (Wildman–Crippen MR) is 72.4 cm³/mol. The van der Waals surface area contributed by atoms with Crippen molar-refractivity contribution in [3.05, 3.63) is 54.2 Å². The molecule has 0 saturated carbocycles. The van der Waals surface area contributed by atoms with Gasteiger partial charge in [0.25, 0.3) is 0 Å². The molecule has 1 aromatic carbocycles. The lowest BCUT2D eigenvalue weighted by atomic mass is 10.0. The van der Waals surface area contributed by atoms with Crippen LogP contribution in [0.2, 0.25) is 0 Å². The van der Waals surface area contributed by atoms with E-state index in [0.29, 0.717) is 11.8 Å². The highest BCUT2D eigenvalue weighted by Crippen LogP contribution is 2.25. The molecular weight excluding hydrogens is 238 g/mol. The van der Waals surface area contributed by atoms with Crippen LogP contribution in [0.3, 0.4) is 0 Å². The van der Waals surface area contributed by atoms with Gasteiger partial charge in [0.2, 0.25) is 11.8 Å². The highest BCUT2D eigenvalue weighted by atomic mass is 16.4. The number of hydrogen-bond donors (Lipinski definition) is 0. The Labute approximate surface area is 111 Å².